The van der Waals surface area contributed by atoms with Crippen molar-refractivity contribution in [1.82, 2.24) is 15.6 Å². The van der Waals surface area contributed by atoms with Crippen LogP contribution in [0.2, 0.25) is 0 Å². The van der Waals surface area contributed by atoms with Crippen molar-refractivity contribution >= 4 is 11.8 Å². The molecule has 2 heterocycles. The van der Waals surface area contributed by atoms with E-state index in [1.807, 2.05) is 36.5 Å². The largest absolute Gasteiger partial charge is 0.496 e. The SMILES string of the molecule is CN=C(NCc1ccnc(N2CCCC2)c1)NCc1ccccc1OC. The molecule has 0 amide bonds. The number of hydrogen-bond acceptors (Lipinski definition) is 4. The molecule has 0 bridgehead atoms. The van der Waals surface area contributed by atoms with E-state index in [1.54, 1.807) is 14.2 Å². The van der Waals surface area contributed by atoms with Gasteiger partial charge in [0.1, 0.15) is 11.6 Å². The third-order valence-electron chi connectivity index (χ3n) is 4.56. The molecular weight excluding hydrogens is 326 g/mol. The molecule has 0 saturated carbocycles. The van der Waals surface area contributed by atoms with Gasteiger partial charge in [0.15, 0.2) is 5.96 Å². The number of aromatic nitrogens is 1. The van der Waals surface area contributed by atoms with Crippen LogP contribution in [-0.4, -0.2) is 38.2 Å². The maximum Gasteiger partial charge on any atom is 0.191 e. The van der Waals surface area contributed by atoms with E-state index in [2.05, 4.69) is 31.6 Å². The fourth-order valence-electron chi connectivity index (χ4n) is 3.12. The number of pyridine rings is 1. The molecule has 2 N–H and O–H groups in total. The van der Waals surface area contributed by atoms with E-state index in [0.29, 0.717) is 13.1 Å². The lowest BCUT2D eigenvalue weighted by molar-refractivity contribution is 0.409. The standard InChI is InChI=1S/C20H27N5O/c1-21-20(24-15-17-7-3-4-8-18(17)26-2)23-14-16-9-10-22-19(13-16)25-11-5-6-12-25/h3-4,7-10,13H,5-6,11-12,14-15H2,1-2H3,(H2,21,23,24). The Morgan fingerprint density at radius 1 is 1.15 bits per heavy atom. The summed E-state index contributed by atoms with van der Waals surface area (Å²) in [6.07, 6.45) is 4.39. The normalized spacial score (nSPS) is 14.4. The van der Waals surface area contributed by atoms with Crippen LogP contribution in [0, 0.1) is 0 Å². The molecule has 138 valence electrons. The van der Waals surface area contributed by atoms with Gasteiger partial charge in [0.2, 0.25) is 0 Å². The molecule has 0 spiro atoms. The molecule has 1 fully saturated rings. The van der Waals surface area contributed by atoms with Gasteiger partial charge in [0.25, 0.3) is 0 Å². The highest BCUT2D eigenvalue weighted by molar-refractivity contribution is 5.79. The molecule has 1 saturated heterocycles. The first-order valence-electron chi connectivity index (χ1n) is 9.06. The van der Waals surface area contributed by atoms with Gasteiger partial charge in [-0.2, -0.15) is 0 Å². The second-order valence-corrected chi connectivity index (χ2v) is 6.31. The van der Waals surface area contributed by atoms with Crippen LogP contribution in [0.1, 0.15) is 24.0 Å². The highest BCUT2D eigenvalue weighted by atomic mass is 16.5. The molecule has 2 aromatic rings. The van der Waals surface area contributed by atoms with E-state index < -0.39 is 0 Å². The Labute approximate surface area is 155 Å². The Morgan fingerprint density at radius 2 is 1.92 bits per heavy atom. The van der Waals surface area contributed by atoms with Crippen molar-refractivity contribution in [2.24, 2.45) is 4.99 Å². The predicted octanol–water partition coefficient (Wildman–Crippen LogP) is 2.56. The Balaban J connectivity index is 1.55. The van der Waals surface area contributed by atoms with Crippen molar-refractivity contribution in [2.45, 2.75) is 25.9 Å². The molecule has 0 radical (unpaired) electrons. The average Bonchev–Trinajstić information content (AvgIpc) is 3.23. The summed E-state index contributed by atoms with van der Waals surface area (Å²) in [6, 6.07) is 12.2. The maximum absolute atomic E-state index is 5.39. The number of rotatable bonds is 6. The van der Waals surface area contributed by atoms with Gasteiger partial charge in [0, 0.05) is 45.0 Å². The number of ether oxygens (including phenoxy) is 1. The summed E-state index contributed by atoms with van der Waals surface area (Å²) in [6.45, 7) is 3.56. The van der Waals surface area contributed by atoms with Crippen molar-refractivity contribution in [3.63, 3.8) is 0 Å². The summed E-state index contributed by atoms with van der Waals surface area (Å²) < 4.78 is 5.39. The first-order valence-corrected chi connectivity index (χ1v) is 9.06. The van der Waals surface area contributed by atoms with E-state index in [-0.39, 0.29) is 0 Å². The van der Waals surface area contributed by atoms with Gasteiger partial charge in [-0.15, -0.1) is 0 Å². The van der Waals surface area contributed by atoms with Gasteiger partial charge in [-0.05, 0) is 36.6 Å². The maximum atomic E-state index is 5.39. The quantitative estimate of drug-likeness (QED) is 0.617. The second-order valence-electron chi connectivity index (χ2n) is 6.31. The van der Waals surface area contributed by atoms with Crippen LogP contribution < -0.4 is 20.3 Å². The lowest BCUT2D eigenvalue weighted by Crippen LogP contribution is -2.36. The second kappa shape index (κ2) is 9.08. The predicted molar refractivity (Wildman–Crippen MR) is 106 cm³/mol. The lowest BCUT2D eigenvalue weighted by atomic mass is 10.2. The van der Waals surface area contributed by atoms with Crippen molar-refractivity contribution in [3.8, 4) is 5.75 Å². The number of aliphatic imine (C=N–C) groups is 1. The van der Waals surface area contributed by atoms with Crippen LogP contribution in [0.15, 0.2) is 47.6 Å². The summed E-state index contributed by atoms with van der Waals surface area (Å²) in [5.74, 6) is 2.70. The highest BCUT2D eigenvalue weighted by Gasteiger charge is 2.13. The van der Waals surface area contributed by atoms with Gasteiger partial charge in [0.05, 0.1) is 7.11 Å². The molecule has 0 atom stereocenters. The topological polar surface area (TPSA) is 61.8 Å². The first kappa shape index (κ1) is 18.0. The number of guanidine groups is 1. The van der Waals surface area contributed by atoms with E-state index in [0.717, 1.165) is 36.2 Å². The van der Waals surface area contributed by atoms with Crippen LogP contribution in [-0.2, 0) is 13.1 Å². The minimum absolute atomic E-state index is 0.652. The molecule has 3 rings (SSSR count). The van der Waals surface area contributed by atoms with Gasteiger partial charge < -0.3 is 20.3 Å². The molecule has 1 aliphatic heterocycles. The number of methoxy groups -OCH3 is 1. The number of nitrogens with one attached hydrogen (secondary N) is 2. The number of benzene rings is 1. The van der Waals surface area contributed by atoms with Crippen LogP contribution in [0.25, 0.3) is 0 Å². The van der Waals surface area contributed by atoms with Crippen LogP contribution in [0.4, 0.5) is 5.82 Å². The van der Waals surface area contributed by atoms with Crippen LogP contribution >= 0.6 is 0 Å². The molecule has 0 unspecified atom stereocenters. The van der Waals surface area contributed by atoms with Crippen LogP contribution in [0.5, 0.6) is 5.75 Å². The number of nitrogens with zero attached hydrogens (tertiary/aromatic N) is 3. The number of anilines is 1. The van der Waals surface area contributed by atoms with Crippen LogP contribution in [0.3, 0.4) is 0 Å². The minimum Gasteiger partial charge on any atom is -0.496 e. The summed E-state index contributed by atoms with van der Waals surface area (Å²) >= 11 is 0. The third-order valence-corrected chi connectivity index (χ3v) is 4.56. The molecule has 6 nitrogen and oxygen atoms in total. The summed E-state index contributed by atoms with van der Waals surface area (Å²) in [4.78, 5) is 11.1. The third kappa shape index (κ3) is 4.65. The molecule has 1 aliphatic rings. The summed E-state index contributed by atoms with van der Waals surface area (Å²) in [5, 5.41) is 6.70. The molecule has 1 aromatic heterocycles. The number of para-hydroxylation sites is 1. The van der Waals surface area contributed by atoms with Gasteiger partial charge in [-0.1, -0.05) is 18.2 Å². The average molecular weight is 353 g/mol. The number of hydrogen-bond donors (Lipinski definition) is 2. The highest BCUT2D eigenvalue weighted by Crippen LogP contribution is 2.18. The molecule has 0 aliphatic carbocycles. The summed E-state index contributed by atoms with van der Waals surface area (Å²) in [5.41, 5.74) is 2.29. The van der Waals surface area contributed by atoms with Crippen molar-refractivity contribution in [2.75, 3.05) is 32.1 Å². The smallest absolute Gasteiger partial charge is 0.191 e. The fourth-order valence-corrected chi connectivity index (χ4v) is 3.12. The zero-order valence-corrected chi connectivity index (χ0v) is 15.5. The molecular formula is C20H27N5O. The zero-order chi connectivity index (χ0) is 18.2. The lowest BCUT2D eigenvalue weighted by Gasteiger charge is -2.17. The van der Waals surface area contributed by atoms with Gasteiger partial charge in [-0.25, -0.2) is 4.98 Å². The van der Waals surface area contributed by atoms with Gasteiger partial charge >= 0.3 is 0 Å². The van der Waals surface area contributed by atoms with E-state index in [1.165, 1.54) is 18.4 Å². The van der Waals surface area contributed by atoms with E-state index in [4.69, 9.17) is 4.74 Å². The van der Waals surface area contributed by atoms with Crippen molar-refractivity contribution in [1.29, 1.82) is 0 Å². The molecule has 26 heavy (non-hydrogen) atoms. The molecule has 6 heteroatoms. The Hall–Kier alpha value is -2.76. The van der Waals surface area contributed by atoms with E-state index in [9.17, 15) is 0 Å². The van der Waals surface area contributed by atoms with Gasteiger partial charge in [-0.3, -0.25) is 4.99 Å². The minimum atomic E-state index is 0.652. The first-order chi connectivity index (χ1) is 12.8. The molecule has 1 aromatic carbocycles. The van der Waals surface area contributed by atoms with Crippen molar-refractivity contribution < 1.29 is 4.74 Å². The summed E-state index contributed by atoms with van der Waals surface area (Å²) in [7, 11) is 3.47. The monoisotopic (exact) mass is 353 g/mol. The van der Waals surface area contributed by atoms with Crippen molar-refractivity contribution in [3.05, 3.63) is 53.7 Å². The zero-order valence-electron chi connectivity index (χ0n) is 15.5. The van der Waals surface area contributed by atoms with E-state index >= 15 is 0 Å². The Morgan fingerprint density at radius 3 is 2.69 bits per heavy atom. The fraction of sp³-hybridized carbons (Fsp3) is 0.400. The Bertz CT molecular complexity index is 740. The Kier molecular flexibility index (Phi) is 6.30.